The van der Waals surface area contributed by atoms with Crippen LogP contribution in [0, 0.1) is 11.3 Å². The Hall–Kier alpha value is -0.450. The number of hydrogen-bond donors (Lipinski definition) is 1. The minimum atomic E-state index is 0.226. The topological polar surface area (TPSA) is 42.2 Å². The van der Waals surface area contributed by atoms with E-state index in [1.807, 2.05) is 11.3 Å². The van der Waals surface area contributed by atoms with E-state index in [0.717, 1.165) is 32.0 Å². The lowest BCUT2D eigenvalue weighted by molar-refractivity contribution is 0.0898. The summed E-state index contributed by atoms with van der Waals surface area (Å²) in [6, 6.07) is 0.337. The van der Waals surface area contributed by atoms with Crippen molar-refractivity contribution in [3.63, 3.8) is 0 Å². The Bertz CT molecular complexity index is 480. The number of piperidine rings is 1. The number of rotatable bonds is 2. The number of nitrogens with zero attached hydrogens (tertiary/aromatic N) is 2. The van der Waals surface area contributed by atoms with Gasteiger partial charge in [0.25, 0.3) is 0 Å². The quantitative estimate of drug-likeness (QED) is 0.911. The van der Waals surface area contributed by atoms with Crippen LogP contribution in [0.4, 0.5) is 0 Å². The molecule has 1 aromatic heterocycles. The molecule has 1 aliphatic heterocycles. The normalized spacial score (nSPS) is 30.2. The van der Waals surface area contributed by atoms with Crippen LogP contribution in [0.15, 0.2) is 0 Å². The summed E-state index contributed by atoms with van der Waals surface area (Å²) in [5.74, 6) is 0.836. The molecule has 0 saturated carbocycles. The Labute approximate surface area is 126 Å². The molecular weight excluding hydrogens is 266 g/mol. The van der Waals surface area contributed by atoms with Gasteiger partial charge in [-0.2, -0.15) is 0 Å². The number of nitrogens with two attached hydrogens (primary N) is 1. The van der Waals surface area contributed by atoms with Gasteiger partial charge in [-0.3, -0.25) is 4.90 Å². The second kappa shape index (κ2) is 5.39. The summed E-state index contributed by atoms with van der Waals surface area (Å²) < 4.78 is 0. The average molecular weight is 293 g/mol. The Balaban J connectivity index is 1.67. The van der Waals surface area contributed by atoms with Crippen molar-refractivity contribution in [2.45, 2.75) is 59.0 Å². The number of hydrogen-bond acceptors (Lipinski definition) is 4. The summed E-state index contributed by atoms with van der Waals surface area (Å²) in [5, 5.41) is 1.32. The number of aromatic nitrogens is 1. The largest absolute Gasteiger partial charge is 0.327 e. The van der Waals surface area contributed by atoms with Crippen molar-refractivity contribution >= 4 is 11.3 Å². The fraction of sp³-hybridized carbons (Fsp3) is 0.812. The second-order valence-electron chi connectivity index (χ2n) is 7.42. The fourth-order valence-corrected chi connectivity index (χ4v) is 4.79. The van der Waals surface area contributed by atoms with Gasteiger partial charge in [0, 0.05) is 24.0 Å². The molecule has 0 spiro atoms. The molecule has 2 atom stereocenters. The van der Waals surface area contributed by atoms with Crippen molar-refractivity contribution in [1.82, 2.24) is 9.88 Å². The Kier molecular flexibility index (Phi) is 3.91. The first kappa shape index (κ1) is 14.5. The molecule has 1 fully saturated rings. The second-order valence-corrected chi connectivity index (χ2v) is 8.59. The van der Waals surface area contributed by atoms with Gasteiger partial charge in [0.2, 0.25) is 0 Å². The highest BCUT2D eigenvalue weighted by molar-refractivity contribution is 7.11. The highest BCUT2D eigenvalue weighted by atomic mass is 32.1. The van der Waals surface area contributed by atoms with E-state index in [4.69, 9.17) is 10.7 Å². The summed E-state index contributed by atoms with van der Waals surface area (Å²) in [6.07, 6.45) is 4.84. The van der Waals surface area contributed by atoms with E-state index in [9.17, 15) is 0 Å². The van der Waals surface area contributed by atoms with E-state index in [-0.39, 0.29) is 5.41 Å². The van der Waals surface area contributed by atoms with Crippen LogP contribution in [-0.4, -0.2) is 29.0 Å². The van der Waals surface area contributed by atoms with Gasteiger partial charge in [-0.25, -0.2) is 4.98 Å². The third kappa shape index (κ3) is 2.92. The maximum atomic E-state index is 6.22. The molecule has 2 heterocycles. The molecule has 2 unspecified atom stereocenters. The molecule has 0 bridgehead atoms. The van der Waals surface area contributed by atoms with Gasteiger partial charge >= 0.3 is 0 Å². The van der Waals surface area contributed by atoms with Gasteiger partial charge in [0.15, 0.2) is 0 Å². The minimum absolute atomic E-state index is 0.226. The molecule has 3 rings (SSSR count). The lowest BCUT2D eigenvalue weighted by Crippen LogP contribution is -2.52. The minimum Gasteiger partial charge on any atom is -0.327 e. The first-order valence-electron chi connectivity index (χ1n) is 7.89. The molecule has 0 radical (unpaired) electrons. The molecule has 2 aliphatic rings. The Morgan fingerprint density at radius 3 is 2.95 bits per heavy atom. The van der Waals surface area contributed by atoms with Crippen molar-refractivity contribution in [3.8, 4) is 0 Å². The van der Waals surface area contributed by atoms with Crippen LogP contribution in [0.1, 0.15) is 49.2 Å². The summed E-state index contributed by atoms with van der Waals surface area (Å²) in [5.41, 5.74) is 7.83. The maximum absolute atomic E-state index is 6.22. The first-order chi connectivity index (χ1) is 9.44. The van der Waals surface area contributed by atoms with Crippen LogP contribution < -0.4 is 5.73 Å². The molecule has 0 aromatic carbocycles. The molecule has 20 heavy (non-hydrogen) atoms. The first-order valence-corrected chi connectivity index (χ1v) is 8.71. The maximum Gasteiger partial charge on any atom is 0.107 e. The summed E-state index contributed by atoms with van der Waals surface area (Å²) >= 11 is 1.95. The van der Waals surface area contributed by atoms with Gasteiger partial charge in [-0.05, 0) is 37.0 Å². The highest BCUT2D eigenvalue weighted by Gasteiger charge is 2.33. The molecule has 1 saturated heterocycles. The van der Waals surface area contributed by atoms with Crippen LogP contribution in [0.25, 0.3) is 0 Å². The van der Waals surface area contributed by atoms with E-state index < -0.39 is 0 Å². The van der Waals surface area contributed by atoms with Crippen LogP contribution in [0.3, 0.4) is 0 Å². The zero-order valence-corrected chi connectivity index (χ0v) is 13.8. The molecule has 4 heteroatoms. The summed E-state index contributed by atoms with van der Waals surface area (Å²) in [4.78, 5) is 8.98. The van der Waals surface area contributed by atoms with Gasteiger partial charge in [-0.1, -0.05) is 20.8 Å². The number of fused-ring (bicyclic) bond motifs is 1. The Morgan fingerprint density at radius 1 is 1.40 bits per heavy atom. The Morgan fingerprint density at radius 2 is 2.20 bits per heavy atom. The molecule has 3 nitrogen and oxygen atoms in total. The van der Waals surface area contributed by atoms with Gasteiger partial charge in [-0.15, -0.1) is 11.3 Å². The van der Waals surface area contributed by atoms with Crippen molar-refractivity contribution in [2.75, 3.05) is 13.1 Å². The van der Waals surface area contributed by atoms with Crippen molar-refractivity contribution < 1.29 is 0 Å². The highest BCUT2D eigenvalue weighted by Crippen LogP contribution is 2.32. The SMILES string of the molecule is CC1CCc2nc(CN3CCC(N)C(C)(C)C3)sc2C1. The molecule has 1 aromatic rings. The predicted molar refractivity (Wildman–Crippen MR) is 85.0 cm³/mol. The summed E-state index contributed by atoms with van der Waals surface area (Å²) in [7, 11) is 0. The van der Waals surface area contributed by atoms with Crippen LogP contribution >= 0.6 is 11.3 Å². The van der Waals surface area contributed by atoms with Crippen LogP contribution in [-0.2, 0) is 19.4 Å². The van der Waals surface area contributed by atoms with E-state index >= 15 is 0 Å². The lowest BCUT2D eigenvalue weighted by Gasteiger charge is -2.42. The van der Waals surface area contributed by atoms with Crippen molar-refractivity contribution in [1.29, 1.82) is 0 Å². The number of thiazole rings is 1. The smallest absolute Gasteiger partial charge is 0.107 e. The van der Waals surface area contributed by atoms with Gasteiger partial charge < -0.3 is 5.73 Å². The average Bonchev–Trinajstić information content (AvgIpc) is 2.75. The fourth-order valence-electron chi connectivity index (χ4n) is 3.47. The van der Waals surface area contributed by atoms with Crippen LogP contribution in [0.5, 0.6) is 0 Å². The molecule has 112 valence electrons. The summed E-state index contributed by atoms with van der Waals surface area (Å²) in [6.45, 7) is 10.2. The zero-order valence-electron chi connectivity index (χ0n) is 13.0. The van der Waals surface area contributed by atoms with Crippen molar-refractivity contribution in [3.05, 3.63) is 15.6 Å². The molecule has 0 amide bonds. The van der Waals surface area contributed by atoms with E-state index in [0.29, 0.717) is 6.04 Å². The number of aryl methyl sites for hydroxylation is 1. The monoisotopic (exact) mass is 293 g/mol. The van der Waals surface area contributed by atoms with Crippen LogP contribution in [0.2, 0.25) is 0 Å². The van der Waals surface area contributed by atoms with Crippen molar-refractivity contribution in [2.24, 2.45) is 17.1 Å². The predicted octanol–water partition coefficient (Wildman–Crippen LogP) is 2.83. The third-order valence-corrected chi connectivity index (χ3v) is 6.09. The van der Waals surface area contributed by atoms with E-state index in [1.54, 1.807) is 4.88 Å². The van der Waals surface area contributed by atoms with Gasteiger partial charge in [0.1, 0.15) is 5.01 Å². The van der Waals surface area contributed by atoms with E-state index in [1.165, 1.54) is 30.0 Å². The molecular formula is C16H27N3S. The number of likely N-dealkylation sites (tertiary alicyclic amines) is 1. The third-order valence-electron chi connectivity index (χ3n) is 4.98. The molecule has 1 aliphatic carbocycles. The molecule has 2 N–H and O–H groups in total. The van der Waals surface area contributed by atoms with E-state index in [2.05, 4.69) is 25.7 Å². The standard InChI is InChI=1S/C16H27N3S/c1-11-4-5-12-13(8-11)20-15(18-12)9-19-7-6-14(17)16(2,3)10-19/h11,14H,4-10,17H2,1-3H3. The lowest BCUT2D eigenvalue weighted by atomic mass is 9.80. The van der Waals surface area contributed by atoms with Gasteiger partial charge in [0.05, 0.1) is 12.2 Å². The zero-order chi connectivity index (χ0) is 14.3.